The van der Waals surface area contributed by atoms with Gasteiger partial charge in [0.1, 0.15) is 0 Å². The highest BCUT2D eigenvalue weighted by molar-refractivity contribution is 6.62. The summed E-state index contributed by atoms with van der Waals surface area (Å²) in [5, 5.41) is 4.25. The first-order valence-corrected chi connectivity index (χ1v) is 12.1. The molecule has 1 saturated heterocycles. The molecule has 0 aromatic heterocycles. The summed E-state index contributed by atoms with van der Waals surface area (Å²) in [4.78, 5) is 0. The van der Waals surface area contributed by atoms with E-state index in [2.05, 4.69) is 104 Å². The first-order valence-electron chi connectivity index (χ1n) is 12.1. The summed E-state index contributed by atoms with van der Waals surface area (Å²) in [5.41, 5.74) is 7.57. The van der Waals surface area contributed by atoms with Crippen molar-refractivity contribution in [3.8, 4) is 0 Å². The van der Waals surface area contributed by atoms with Gasteiger partial charge in [-0.1, -0.05) is 58.0 Å². The molecule has 2 aromatic rings. The Hall–Kier alpha value is -2.11. The molecule has 0 spiro atoms. The number of nitrogens with zero attached hydrogens (tertiary/aromatic N) is 1. The van der Waals surface area contributed by atoms with Crippen LogP contribution in [0.3, 0.4) is 0 Å². The number of hydrazone groups is 1. The highest BCUT2D eigenvalue weighted by Crippen LogP contribution is 2.46. The van der Waals surface area contributed by atoms with Gasteiger partial charge in [-0.2, -0.15) is 5.10 Å². The van der Waals surface area contributed by atoms with Gasteiger partial charge in [-0.25, -0.2) is 0 Å². The standard InChI is InChI=1S/C28H39BN2O2/c1-18-16-22-23(26(4,5)15-14-25(22,2)3)17-21(18)24(31-30)19-10-12-20(13-11-19)29-32-27(6,7)28(8,9)33-29/h10-13,16-17H,14-15,30H2,1-9H3. The highest BCUT2D eigenvalue weighted by atomic mass is 16.7. The molecule has 2 aromatic carbocycles. The molecule has 33 heavy (non-hydrogen) atoms. The molecule has 1 aliphatic carbocycles. The average molecular weight is 446 g/mol. The first-order chi connectivity index (χ1) is 15.2. The number of rotatable bonds is 3. The van der Waals surface area contributed by atoms with Crippen molar-refractivity contribution in [2.24, 2.45) is 10.9 Å². The number of fused-ring (bicyclic) bond motifs is 1. The Labute approximate surface area is 200 Å². The summed E-state index contributed by atoms with van der Waals surface area (Å²) >= 11 is 0. The van der Waals surface area contributed by atoms with Gasteiger partial charge >= 0.3 is 7.12 Å². The fourth-order valence-corrected chi connectivity index (χ4v) is 5.05. The third-order valence-electron chi connectivity index (χ3n) is 8.29. The second-order valence-corrected chi connectivity index (χ2v) is 12.2. The van der Waals surface area contributed by atoms with Gasteiger partial charge < -0.3 is 15.2 Å². The van der Waals surface area contributed by atoms with Crippen molar-refractivity contribution in [1.82, 2.24) is 0 Å². The van der Waals surface area contributed by atoms with Gasteiger partial charge in [0.15, 0.2) is 0 Å². The topological polar surface area (TPSA) is 56.8 Å². The van der Waals surface area contributed by atoms with Crippen molar-refractivity contribution in [1.29, 1.82) is 0 Å². The van der Waals surface area contributed by atoms with Gasteiger partial charge in [-0.15, -0.1) is 0 Å². The monoisotopic (exact) mass is 446 g/mol. The molecule has 2 N–H and O–H groups in total. The molecule has 5 heteroatoms. The van der Waals surface area contributed by atoms with Crippen molar-refractivity contribution in [2.45, 2.75) is 97.2 Å². The van der Waals surface area contributed by atoms with E-state index in [4.69, 9.17) is 15.2 Å². The fraction of sp³-hybridized carbons (Fsp3) is 0.536. The van der Waals surface area contributed by atoms with E-state index in [0.29, 0.717) is 0 Å². The third kappa shape index (κ3) is 4.04. The van der Waals surface area contributed by atoms with Crippen LogP contribution in [0, 0.1) is 6.92 Å². The Morgan fingerprint density at radius 1 is 0.818 bits per heavy atom. The lowest BCUT2D eigenvalue weighted by Gasteiger charge is -2.42. The predicted molar refractivity (Wildman–Crippen MR) is 138 cm³/mol. The van der Waals surface area contributed by atoms with E-state index in [0.717, 1.165) is 22.3 Å². The van der Waals surface area contributed by atoms with Crippen LogP contribution in [0.25, 0.3) is 0 Å². The van der Waals surface area contributed by atoms with Crippen LogP contribution in [0.15, 0.2) is 41.5 Å². The van der Waals surface area contributed by atoms with E-state index in [1.54, 1.807) is 0 Å². The maximum atomic E-state index is 6.21. The van der Waals surface area contributed by atoms with E-state index in [1.807, 2.05) is 0 Å². The van der Waals surface area contributed by atoms with Gasteiger partial charge in [0.05, 0.1) is 16.9 Å². The lowest BCUT2D eigenvalue weighted by Crippen LogP contribution is -2.41. The maximum absolute atomic E-state index is 6.21. The van der Waals surface area contributed by atoms with Crippen molar-refractivity contribution in [2.75, 3.05) is 0 Å². The number of benzene rings is 2. The Morgan fingerprint density at radius 2 is 1.30 bits per heavy atom. The zero-order valence-corrected chi connectivity index (χ0v) is 21.8. The van der Waals surface area contributed by atoms with Crippen molar-refractivity contribution in [3.63, 3.8) is 0 Å². The smallest absolute Gasteiger partial charge is 0.399 e. The summed E-state index contributed by atoms with van der Waals surface area (Å²) in [5.74, 6) is 5.97. The molecular weight excluding hydrogens is 407 g/mol. The quantitative estimate of drug-likeness (QED) is 0.299. The Balaban J connectivity index is 1.69. The molecule has 2 aliphatic rings. The minimum atomic E-state index is -0.379. The molecule has 176 valence electrons. The summed E-state index contributed by atoms with van der Waals surface area (Å²) < 4.78 is 12.4. The molecule has 0 saturated carbocycles. The van der Waals surface area contributed by atoms with Gasteiger partial charge in [-0.3, -0.25) is 0 Å². The average Bonchev–Trinajstić information content (AvgIpc) is 2.94. The molecule has 0 atom stereocenters. The number of hydrogen-bond acceptors (Lipinski definition) is 4. The number of hydrogen-bond donors (Lipinski definition) is 1. The van der Waals surface area contributed by atoms with Crippen LogP contribution < -0.4 is 11.3 Å². The molecule has 0 amide bonds. The van der Waals surface area contributed by atoms with Crippen LogP contribution in [-0.4, -0.2) is 24.0 Å². The number of aryl methyl sites for hydroxylation is 1. The molecule has 4 rings (SSSR count). The van der Waals surface area contributed by atoms with E-state index < -0.39 is 0 Å². The Kier molecular flexibility index (Phi) is 5.62. The Bertz CT molecular complexity index is 1080. The molecule has 4 nitrogen and oxygen atoms in total. The zero-order valence-electron chi connectivity index (χ0n) is 21.8. The lowest BCUT2D eigenvalue weighted by molar-refractivity contribution is 0.00578. The summed E-state index contributed by atoms with van der Waals surface area (Å²) in [6.45, 7) is 19.9. The first kappa shape index (κ1) is 24.0. The minimum Gasteiger partial charge on any atom is -0.399 e. The van der Waals surface area contributed by atoms with Crippen molar-refractivity contribution >= 4 is 18.3 Å². The Morgan fingerprint density at radius 3 is 1.79 bits per heavy atom. The van der Waals surface area contributed by atoms with Gasteiger partial charge in [-0.05, 0) is 86.5 Å². The molecule has 1 fully saturated rings. The van der Waals surface area contributed by atoms with Crippen molar-refractivity contribution < 1.29 is 9.31 Å². The van der Waals surface area contributed by atoms with E-state index in [9.17, 15) is 0 Å². The van der Waals surface area contributed by atoms with Crippen molar-refractivity contribution in [3.05, 3.63) is 64.2 Å². The molecule has 1 aliphatic heterocycles. The summed E-state index contributed by atoms with van der Waals surface area (Å²) in [6.07, 6.45) is 2.37. The SMILES string of the molecule is Cc1cc2c(cc1C(=NN)c1ccc(B3OC(C)(C)C(C)(C)O3)cc1)C(C)(C)CCC2(C)C. The summed E-state index contributed by atoms with van der Waals surface area (Å²) in [7, 11) is -0.379. The molecule has 0 unspecified atom stereocenters. The van der Waals surface area contributed by atoms with Crippen LogP contribution in [0.4, 0.5) is 0 Å². The van der Waals surface area contributed by atoms with E-state index in [1.165, 1.54) is 29.5 Å². The van der Waals surface area contributed by atoms with Crippen LogP contribution in [-0.2, 0) is 20.1 Å². The lowest BCUT2D eigenvalue weighted by atomic mass is 9.62. The van der Waals surface area contributed by atoms with Crippen LogP contribution in [0.2, 0.25) is 0 Å². The number of nitrogens with two attached hydrogens (primary N) is 1. The van der Waals surface area contributed by atoms with Crippen LogP contribution in [0.1, 0.15) is 96.0 Å². The molecule has 1 heterocycles. The fourth-order valence-electron chi connectivity index (χ4n) is 5.05. The normalized spacial score (nSPS) is 22.8. The second kappa shape index (κ2) is 7.71. The molecule has 0 radical (unpaired) electrons. The van der Waals surface area contributed by atoms with E-state index in [-0.39, 0.29) is 29.2 Å². The second-order valence-electron chi connectivity index (χ2n) is 12.2. The highest BCUT2D eigenvalue weighted by Gasteiger charge is 2.51. The maximum Gasteiger partial charge on any atom is 0.494 e. The van der Waals surface area contributed by atoms with Crippen LogP contribution >= 0.6 is 0 Å². The van der Waals surface area contributed by atoms with Crippen LogP contribution in [0.5, 0.6) is 0 Å². The molecular formula is C28H39BN2O2. The minimum absolute atomic E-state index is 0.133. The predicted octanol–water partition coefficient (Wildman–Crippen LogP) is 5.35. The largest absolute Gasteiger partial charge is 0.494 e. The van der Waals surface area contributed by atoms with Gasteiger partial charge in [0.25, 0.3) is 0 Å². The van der Waals surface area contributed by atoms with E-state index >= 15 is 0 Å². The summed E-state index contributed by atoms with van der Waals surface area (Å²) in [6, 6.07) is 12.9. The van der Waals surface area contributed by atoms with Gasteiger partial charge in [0.2, 0.25) is 0 Å². The zero-order chi connectivity index (χ0) is 24.4. The molecule has 0 bridgehead atoms. The van der Waals surface area contributed by atoms with Gasteiger partial charge in [0, 0.05) is 11.1 Å². The third-order valence-corrected chi connectivity index (χ3v) is 8.29.